The van der Waals surface area contributed by atoms with E-state index in [0.717, 1.165) is 62.7 Å². The predicted molar refractivity (Wildman–Crippen MR) is 157 cm³/mol. The summed E-state index contributed by atoms with van der Waals surface area (Å²) in [4.78, 5) is 0.497. The Hall–Kier alpha value is -1.13. The van der Waals surface area contributed by atoms with Crippen LogP contribution in [-0.4, -0.2) is 24.4 Å². The topological polar surface area (TPSA) is 54.4 Å². The van der Waals surface area contributed by atoms with Crippen molar-refractivity contribution in [1.29, 1.82) is 0 Å². The van der Waals surface area contributed by atoms with Crippen LogP contribution in [0.3, 0.4) is 0 Å². The minimum Gasteiger partial charge on any atom is -0.390 e. The van der Waals surface area contributed by atoms with Gasteiger partial charge in [0.05, 0.1) is 15.7 Å². The second-order valence-electron chi connectivity index (χ2n) is 14.2. The Morgan fingerprint density at radius 2 is 1.74 bits per heavy atom. The van der Waals surface area contributed by atoms with Gasteiger partial charge in [0.2, 0.25) is 0 Å². The highest BCUT2D eigenvalue weighted by Gasteiger charge is 2.56. The first-order valence-corrected chi connectivity index (χ1v) is 17.3. The van der Waals surface area contributed by atoms with Crippen LogP contribution in [0.15, 0.2) is 46.9 Å². The Morgan fingerprint density at radius 1 is 0.974 bits per heavy atom. The first-order valence-electron chi connectivity index (χ1n) is 15.8. The summed E-state index contributed by atoms with van der Waals surface area (Å²) in [6.07, 6.45) is 16.4. The van der Waals surface area contributed by atoms with Crippen LogP contribution in [0.1, 0.15) is 111 Å². The molecule has 0 aliphatic heterocycles. The van der Waals surface area contributed by atoms with Gasteiger partial charge in [0.15, 0.2) is 9.84 Å². The Bertz CT molecular complexity index is 1090. The summed E-state index contributed by atoms with van der Waals surface area (Å²) < 4.78 is 27.4. The number of fused-ring (bicyclic) bond motifs is 5. The molecule has 0 bridgehead atoms. The van der Waals surface area contributed by atoms with Crippen molar-refractivity contribution < 1.29 is 13.5 Å². The summed E-state index contributed by atoms with van der Waals surface area (Å²) >= 11 is 0. The molecule has 0 aromatic heterocycles. The Labute approximate surface area is 232 Å². The van der Waals surface area contributed by atoms with Gasteiger partial charge in [-0.1, -0.05) is 57.5 Å². The van der Waals surface area contributed by atoms with Crippen molar-refractivity contribution in [2.75, 3.05) is 0 Å². The number of aliphatic hydroxyl groups is 1. The molecule has 1 N–H and O–H groups in total. The normalized spacial score (nSPS) is 37.7. The third-order valence-corrected chi connectivity index (χ3v) is 14.1. The van der Waals surface area contributed by atoms with Gasteiger partial charge in [-0.2, -0.15) is 0 Å². The van der Waals surface area contributed by atoms with Crippen LogP contribution >= 0.6 is 0 Å². The average Bonchev–Trinajstić information content (AvgIpc) is 3.24. The quantitative estimate of drug-likeness (QED) is 0.320. The van der Waals surface area contributed by atoms with Crippen molar-refractivity contribution in [1.82, 2.24) is 0 Å². The van der Waals surface area contributed by atoms with E-state index in [4.69, 9.17) is 0 Å². The lowest BCUT2D eigenvalue weighted by molar-refractivity contribution is -0.0406. The van der Waals surface area contributed by atoms with E-state index in [9.17, 15) is 13.5 Å². The zero-order valence-corrected chi connectivity index (χ0v) is 25.2. The lowest BCUT2D eigenvalue weighted by Crippen LogP contribution is -2.47. The second kappa shape index (κ2) is 11.0. The highest BCUT2D eigenvalue weighted by atomic mass is 32.2. The SMILES string of the molecule is CC[C@]1(O)CCC2C(=CCC3C2CCC2(C)C(CCC(CCC(C)C)S(=O)(=O)c4ccccc4)CCC32)C1. The highest BCUT2D eigenvalue weighted by Crippen LogP contribution is 2.64. The Balaban J connectivity index is 1.29. The number of hydrogen-bond donors (Lipinski definition) is 1. The van der Waals surface area contributed by atoms with E-state index in [1.165, 1.54) is 38.5 Å². The van der Waals surface area contributed by atoms with Gasteiger partial charge in [0, 0.05) is 0 Å². The van der Waals surface area contributed by atoms with E-state index in [1.54, 1.807) is 17.7 Å². The van der Waals surface area contributed by atoms with Crippen LogP contribution in [0, 0.1) is 40.9 Å². The van der Waals surface area contributed by atoms with Gasteiger partial charge in [-0.15, -0.1) is 0 Å². The average molecular weight is 541 g/mol. The van der Waals surface area contributed by atoms with Crippen LogP contribution in [0.4, 0.5) is 0 Å². The molecule has 0 amide bonds. The number of sulfone groups is 1. The zero-order valence-electron chi connectivity index (χ0n) is 24.4. The van der Waals surface area contributed by atoms with E-state index in [1.807, 2.05) is 18.2 Å². The van der Waals surface area contributed by atoms with Crippen LogP contribution < -0.4 is 0 Å². The molecule has 0 radical (unpaired) electrons. The molecule has 3 fully saturated rings. The molecule has 3 saturated carbocycles. The smallest absolute Gasteiger partial charge is 0.181 e. The van der Waals surface area contributed by atoms with E-state index >= 15 is 0 Å². The first kappa shape index (κ1) is 28.4. The van der Waals surface area contributed by atoms with Gasteiger partial charge in [-0.3, -0.25) is 0 Å². The molecule has 0 saturated heterocycles. The number of hydrogen-bond acceptors (Lipinski definition) is 3. The largest absolute Gasteiger partial charge is 0.390 e. The van der Waals surface area contributed by atoms with Crippen molar-refractivity contribution in [3.05, 3.63) is 42.0 Å². The number of benzene rings is 1. The van der Waals surface area contributed by atoms with Crippen molar-refractivity contribution in [2.24, 2.45) is 40.9 Å². The van der Waals surface area contributed by atoms with E-state index in [0.29, 0.717) is 28.1 Å². The summed E-state index contributed by atoms with van der Waals surface area (Å²) in [6.45, 7) is 9.10. The zero-order chi connectivity index (χ0) is 27.1. The van der Waals surface area contributed by atoms with Crippen molar-refractivity contribution in [3.8, 4) is 0 Å². The Kier molecular flexibility index (Phi) is 8.25. The first-order chi connectivity index (χ1) is 18.1. The van der Waals surface area contributed by atoms with E-state index < -0.39 is 15.4 Å². The third-order valence-electron chi connectivity index (χ3n) is 11.9. The van der Waals surface area contributed by atoms with Crippen molar-refractivity contribution >= 4 is 9.84 Å². The lowest BCUT2D eigenvalue weighted by Gasteiger charge is -2.54. The maximum Gasteiger partial charge on any atom is 0.181 e. The molecule has 1 aromatic carbocycles. The molecule has 3 nitrogen and oxygen atoms in total. The van der Waals surface area contributed by atoms with Gasteiger partial charge in [0.1, 0.15) is 0 Å². The van der Waals surface area contributed by atoms with Gasteiger partial charge >= 0.3 is 0 Å². The minimum absolute atomic E-state index is 0.272. The van der Waals surface area contributed by atoms with Gasteiger partial charge in [-0.05, 0) is 137 Å². The minimum atomic E-state index is -3.31. The molecule has 1 aromatic rings. The fourth-order valence-electron chi connectivity index (χ4n) is 9.41. The molecule has 8 atom stereocenters. The number of allylic oxidation sites excluding steroid dienone is 1. The van der Waals surface area contributed by atoms with Crippen LogP contribution in [0.25, 0.3) is 0 Å². The van der Waals surface area contributed by atoms with E-state index in [-0.39, 0.29) is 5.25 Å². The third kappa shape index (κ3) is 5.30. The molecular weight excluding hydrogens is 488 g/mol. The Morgan fingerprint density at radius 3 is 2.45 bits per heavy atom. The standard InChI is InChI=1S/C34H52O3S/c1-5-34(35)22-20-29-25(23-34)12-17-31-30(29)19-21-33(4)26(14-18-32(31)33)13-16-28(15-11-24(2)3)38(36,37)27-9-7-6-8-10-27/h6-10,12,24,26,28-32,35H,5,11,13-23H2,1-4H3/t26?,28?,29?,30?,31?,32?,33?,34-/m0/s1. The summed E-state index contributed by atoms with van der Waals surface area (Å²) in [5, 5.41) is 10.7. The summed E-state index contributed by atoms with van der Waals surface area (Å²) in [7, 11) is -3.31. The molecule has 0 heterocycles. The van der Waals surface area contributed by atoms with Gasteiger partial charge < -0.3 is 5.11 Å². The van der Waals surface area contributed by atoms with Crippen molar-refractivity contribution in [3.63, 3.8) is 0 Å². The highest BCUT2D eigenvalue weighted by molar-refractivity contribution is 7.92. The predicted octanol–water partition coefficient (Wildman–Crippen LogP) is 8.38. The second-order valence-corrected chi connectivity index (χ2v) is 16.4. The monoisotopic (exact) mass is 540 g/mol. The molecule has 4 heteroatoms. The van der Waals surface area contributed by atoms with E-state index in [2.05, 4.69) is 33.8 Å². The molecule has 4 aliphatic rings. The van der Waals surface area contributed by atoms with Crippen molar-refractivity contribution in [2.45, 2.75) is 127 Å². The molecule has 0 spiro atoms. The molecule has 7 unspecified atom stereocenters. The summed E-state index contributed by atoms with van der Waals surface area (Å²) in [5.41, 5.74) is 1.45. The van der Waals surface area contributed by atoms with Crippen LogP contribution in [0.2, 0.25) is 0 Å². The maximum absolute atomic E-state index is 13.7. The maximum atomic E-state index is 13.7. The summed E-state index contributed by atoms with van der Waals surface area (Å²) in [5.74, 6) is 4.21. The lowest BCUT2D eigenvalue weighted by atomic mass is 9.51. The van der Waals surface area contributed by atoms with Crippen LogP contribution in [0.5, 0.6) is 0 Å². The van der Waals surface area contributed by atoms with Gasteiger partial charge in [0.25, 0.3) is 0 Å². The molecule has 5 rings (SSSR count). The summed E-state index contributed by atoms with van der Waals surface area (Å²) in [6, 6.07) is 9.17. The molecule has 4 aliphatic carbocycles. The van der Waals surface area contributed by atoms with Crippen LogP contribution in [-0.2, 0) is 9.84 Å². The van der Waals surface area contributed by atoms with Gasteiger partial charge in [-0.25, -0.2) is 8.42 Å². The fourth-order valence-corrected chi connectivity index (χ4v) is 11.2. The molecule has 38 heavy (non-hydrogen) atoms. The fraction of sp³-hybridized carbons (Fsp3) is 0.765. The number of rotatable bonds is 9. The molecular formula is C34H52O3S. The molecule has 212 valence electrons.